The third kappa shape index (κ3) is 3.66. The summed E-state index contributed by atoms with van der Waals surface area (Å²) >= 11 is 5.88. The van der Waals surface area contributed by atoms with Crippen LogP contribution in [0.2, 0.25) is 5.02 Å². The van der Waals surface area contributed by atoms with Gasteiger partial charge in [-0.25, -0.2) is 4.39 Å². The molecule has 2 unspecified atom stereocenters. The lowest BCUT2D eigenvalue weighted by Crippen LogP contribution is -2.33. The number of benzene rings is 1. The van der Waals surface area contributed by atoms with Crippen LogP contribution < -0.4 is 11.1 Å². The van der Waals surface area contributed by atoms with Crippen molar-refractivity contribution in [2.45, 2.75) is 19.9 Å². The number of rotatable bonds is 5. The van der Waals surface area contributed by atoms with Gasteiger partial charge in [0.05, 0.1) is 0 Å². The van der Waals surface area contributed by atoms with Gasteiger partial charge in [0.2, 0.25) is 0 Å². The van der Waals surface area contributed by atoms with Crippen molar-refractivity contribution in [3.63, 3.8) is 0 Å². The van der Waals surface area contributed by atoms with Crippen LogP contribution in [0.5, 0.6) is 0 Å². The summed E-state index contributed by atoms with van der Waals surface area (Å²) in [4.78, 5) is 0. The first-order valence-electron chi connectivity index (χ1n) is 5.82. The van der Waals surface area contributed by atoms with Crippen LogP contribution in [-0.4, -0.2) is 13.6 Å². The Morgan fingerprint density at radius 2 is 2.06 bits per heavy atom. The maximum atomic E-state index is 13.7. The molecule has 2 nitrogen and oxygen atoms in total. The number of nitrogens with two attached hydrogens (primary N) is 1. The molecule has 0 aliphatic rings. The average Bonchev–Trinajstić information content (AvgIpc) is 2.28. The Kier molecular flexibility index (Phi) is 5.37. The van der Waals surface area contributed by atoms with Crippen LogP contribution in [0.4, 0.5) is 4.39 Å². The monoisotopic (exact) mass is 258 g/mol. The lowest BCUT2D eigenvalue weighted by Gasteiger charge is -2.27. The molecule has 96 valence electrons. The molecule has 4 heteroatoms. The number of hydrogen-bond acceptors (Lipinski definition) is 2. The van der Waals surface area contributed by atoms with Crippen molar-refractivity contribution >= 4 is 11.6 Å². The van der Waals surface area contributed by atoms with Crippen LogP contribution in [0.15, 0.2) is 18.2 Å². The topological polar surface area (TPSA) is 38.0 Å². The van der Waals surface area contributed by atoms with E-state index in [9.17, 15) is 4.39 Å². The van der Waals surface area contributed by atoms with E-state index in [1.165, 1.54) is 12.1 Å². The van der Waals surface area contributed by atoms with Gasteiger partial charge in [0.15, 0.2) is 0 Å². The number of nitrogens with one attached hydrogen (secondary N) is 1. The van der Waals surface area contributed by atoms with E-state index < -0.39 is 0 Å². The van der Waals surface area contributed by atoms with Crippen molar-refractivity contribution in [1.82, 2.24) is 5.32 Å². The van der Waals surface area contributed by atoms with Crippen LogP contribution >= 0.6 is 11.6 Å². The lowest BCUT2D eigenvalue weighted by atomic mass is 9.85. The zero-order valence-electron chi connectivity index (χ0n) is 10.5. The maximum Gasteiger partial charge on any atom is 0.128 e. The summed E-state index contributed by atoms with van der Waals surface area (Å²) in [6, 6.07) is 4.18. The summed E-state index contributed by atoms with van der Waals surface area (Å²) in [5.41, 5.74) is 6.65. The first kappa shape index (κ1) is 14.4. The highest BCUT2D eigenvalue weighted by molar-refractivity contribution is 6.30. The Labute approximate surface area is 107 Å². The normalized spacial score (nSPS) is 15.0. The molecule has 0 radical (unpaired) electrons. The predicted molar refractivity (Wildman–Crippen MR) is 70.6 cm³/mol. The SMILES string of the molecule is CNCC(C(C)C)C(N)c1cc(Cl)ccc1F. The van der Waals surface area contributed by atoms with Crippen LogP contribution in [0, 0.1) is 17.7 Å². The van der Waals surface area contributed by atoms with E-state index in [-0.39, 0.29) is 17.8 Å². The molecule has 0 amide bonds. The van der Waals surface area contributed by atoms with Gasteiger partial charge in [0.25, 0.3) is 0 Å². The fourth-order valence-corrected chi connectivity index (χ4v) is 2.19. The molecule has 1 rings (SSSR count). The van der Waals surface area contributed by atoms with Gasteiger partial charge in [0.1, 0.15) is 5.82 Å². The van der Waals surface area contributed by atoms with E-state index in [2.05, 4.69) is 19.2 Å². The second kappa shape index (κ2) is 6.34. The van der Waals surface area contributed by atoms with Crippen LogP contribution in [-0.2, 0) is 0 Å². The van der Waals surface area contributed by atoms with Crippen LogP contribution in [0.1, 0.15) is 25.5 Å². The predicted octanol–water partition coefficient (Wildman–Crippen LogP) is 2.97. The third-order valence-corrected chi connectivity index (χ3v) is 3.31. The molecular weight excluding hydrogens is 239 g/mol. The average molecular weight is 259 g/mol. The van der Waals surface area contributed by atoms with E-state index in [1.54, 1.807) is 6.07 Å². The van der Waals surface area contributed by atoms with Crippen molar-refractivity contribution in [2.24, 2.45) is 17.6 Å². The fraction of sp³-hybridized carbons (Fsp3) is 0.538. The summed E-state index contributed by atoms with van der Waals surface area (Å²) in [6.07, 6.45) is 0. The second-order valence-corrected chi connectivity index (χ2v) is 5.09. The Morgan fingerprint density at radius 3 is 2.59 bits per heavy atom. The zero-order chi connectivity index (χ0) is 13.0. The van der Waals surface area contributed by atoms with Gasteiger partial charge >= 0.3 is 0 Å². The number of halogens is 2. The summed E-state index contributed by atoms with van der Waals surface area (Å²) < 4.78 is 13.7. The molecule has 0 fully saturated rings. The molecule has 0 aromatic heterocycles. The third-order valence-electron chi connectivity index (χ3n) is 3.07. The molecule has 0 aliphatic carbocycles. The first-order chi connectivity index (χ1) is 7.97. The Bertz CT molecular complexity index is 368. The quantitative estimate of drug-likeness (QED) is 0.852. The van der Waals surface area contributed by atoms with Crippen molar-refractivity contribution in [3.8, 4) is 0 Å². The minimum absolute atomic E-state index is 0.174. The summed E-state index contributed by atoms with van der Waals surface area (Å²) in [5.74, 6) is 0.257. The van der Waals surface area contributed by atoms with Crippen LogP contribution in [0.3, 0.4) is 0 Å². The molecular formula is C13H20ClFN2. The van der Waals surface area contributed by atoms with E-state index in [0.29, 0.717) is 16.5 Å². The van der Waals surface area contributed by atoms with Gasteiger partial charge in [-0.3, -0.25) is 0 Å². The van der Waals surface area contributed by atoms with Gasteiger partial charge < -0.3 is 11.1 Å². The fourth-order valence-electron chi connectivity index (χ4n) is 2.01. The largest absolute Gasteiger partial charge is 0.324 e. The molecule has 0 spiro atoms. The highest BCUT2D eigenvalue weighted by Gasteiger charge is 2.24. The highest BCUT2D eigenvalue weighted by atomic mass is 35.5. The standard InChI is InChI=1S/C13H20ClFN2/c1-8(2)11(7-17-3)13(16)10-6-9(14)4-5-12(10)15/h4-6,8,11,13,17H,7,16H2,1-3H3. The zero-order valence-corrected chi connectivity index (χ0v) is 11.3. The molecule has 3 N–H and O–H groups in total. The van der Waals surface area contributed by atoms with E-state index in [4.69, 9.17) is 17.3 Å². The minimum atomic E-state index is -0.346. The number of hydrogen-bond donors (Lipinski definition) is 2. The summed E-state index contributed by atoms with van der Waals surface area (Å²) in [5, 5.41) is 3.62. The van der Waals surface area contributed by atoms with E-state index >= 15 is 0 Å². The maximum absolute atomic E-state index is 13.7. The first-order valence-corrected chi connectivity index (χ1v) is 6.20. The molecule has 0 heterocycles. The molecule has 1 aromatic rings. The van der Waals surface area contributed by atoms with Crippen LogP contribution in [0.25, 0.3) is 0 Å². The van der Waals surface area contributed by atoms with E-state index in [1.807, 2.05) is 7.05 Å². The summed E-state index contributed by atoms with van der Waals surface area (Å²) in [6.45, 7) is 4.93. The van der Waals surface area contributed by atoms with Crippen molar-refractivity contribution in [2.75, 3.05) is 13.6 Å². The van der Waals surface area contributed by atoms with Gasteiger partial charge in [-0.2, -0.15) is 0 Å². The van der Waals surface area contributed by atoms with E-state index in [0.717, 1.165) is 6.54 Å². The molecule has 17 heavy (non-hydrogen) atoms. The van der Waals surface area contributed by atoms with Gasteiger partial charge in [-0.15, -0.1) is 0 Å². The van der Waals surface area contributed by atoms with Gasteiger partial charge in [-0.1, -0.05) is 25.4 Å². The molecule has 0 saturated carbocycles. The molecule has 0 aliphatic heterocycles. The Balaban J connectivity index is 2.99. The highest BCUT2D eigenvalue weighted by Crippen LogP contribution is 2.29. The van der Waals surface area contributed by atoms with Gasteiger partial charge in [0, 0.05) is 16.6 Å². The smallest absolute Gasteiger partial charge is 0.128 e. The molecule has 0 saturated heterocycles. The second-order valence-electron chi connectivity index (χ2n) is 4.66. The van der Waals surface area contributed by atoms with Crippen molar-refractivity contribution in [3.05, 3.63) is 34.6 Å². The molecule has 0 bridgehead atoms. The lowest BCUT2D eigenvalue weighted by molar-refractivity contribution is 0.309. The van der Waals surface area contributed by atoms with Crippen molar-refractivity contribution < 1.29 is 4.39 Å². The summed E-state index contributed by atoms with van der Waals surface area (Å²) in [7, 11) is 1.87. The minimum Gasteiger partial charge on any atom is -0.324 e. The molecule has 1 aromatic carbocycles. The Morgan fingerprint density at radius 1 is 1.41 bits per heavy atom. The molecule has 2 atom stereocenters. The van der Waals surface area contributed by atoms with Crippen molar-refractivity contribution in [1.29, 1.82) is 0 Å². The Hall–Kier alpha value is -0.640. The van der Waals surface area contributed by atoms with Gasteiger partial charge in [-0.05, 0) is 43.6 Å².